The number of benzene rings is 2. The van der Waals surface area contributed by atoms with E-state index < -0.39 is 0 Å². The zero-order valence-electron chi connectivity index (χ0n) is 17.5. The Kier molecular flexibility index (Phi) is 6.54. The fourth-order valence-corrected chi connectivity index (χ4v) is 3.71. The Balaban J connectivity index is 1.65. The van der Waals surface area contributed by atoms with Crippen LogP contribution >= 0.6 is 0 Å². The number of hydrogen-bond acceptors (Lipinski definition) is 4. The number of ether oxygens (including phenoxy) is 1. The molecule has 6 nitrogen and oxygen atoms in total. The van der Waals surface area contributed by atoms with Gasteiger partial charge in [0.05, 0.1) is 19.1 Å². The molecule has 0 saturated carbocycles. The van der Waals surface area contributed by atoms with Crippen molar-refractivity contribution in [1.82, 2.24) is 10.2 Å². The van der Waals surface area contributed by atoms with Gasteiger partial charge in [0.15, 0.2) is 0 Å². The topological polar surface area (TPSA) is 61.9 Å². The van der Waals surface area contributed by atoms with Crippen molar-refractivity contribution in [2.24, 2.45) is 5.92 Å². The molecule has 1 aliphatic rings. The second-order valence-electron chi connectivity index (χ2n) is 7.71. The lowest BCUT2D eigenvalue weighted by Crippen LogP contribution is -2.38. The number of hydrogen-bond donors (Lipinski definition) is 1. The second kappa shape index (κ2) is 9.09. The number of carbonyl (C=O) groups is 2. The standard InChI is InChI=1S/C23H29N3O3/c1-16-9-11-18(12-10-16)26-15-17(13-22(26)27)23(28)24-14-20(25(2)3)19-7-5-6-8-21(19)29-4/h5-12,17,20H,13-15H2,1-4H3,(H,24,28). The smallest absolute Gasteiger partial charge is 0.227 e. The lowest BCUT2D eigenvalue weighted by Gasteiger charge is -2.27. The van der Waals surface area contributed by atoms with Gasteiger partial charge >= 0.3 is 0 Å². The summed E-state index contributed by atoms with van der Waals surface area (Å²) in [5.41, 5.74) is 3.00. The highest BCUT2D eigenvalue weighted by atomic mass is 16.5. The monoisotopic (exact) mass is 395 g/mol. The van der Waals surface area contributed by atoms with Gasteiger partial charge in [-0.2, -0.15) is 0 Å². The van der Waals surface area contributed by atoms with Gasteiger partial charge in [0.1, 0.15) is 5.75 Å². The van der Waals surface area contributed by atoms with Gasteiger partial charge in [-0.1, -0.05) is 35.9 Å². The Labute approximate surface area is 172 Å². The van der Waals surface area contributed by atoms with Crippen LogP contribution in [0.3, 0.4) is 0 Å². The molecular formula is C23H29N3O3. The van der Waals surface area contributed by atoms with E-state index in [2.05, 4.69) is 10.2 Å². The van der Waals surface area contributed by atoms with E-state index in [1.807, 2.05) is 69.6 Å². The van der Waals surface area contributed by atoms with Crippen molar-refractivity contribution >= 4 is 17.5 Å². The average molecular weight is 396 g/mol. The predicted molar refractivity (Wildman–Crippen MR) is 114 cm³/mol. The van der Waals surface area contributed by atoms with E-state index in [0.29, 0.717) is 13.1 Å². The van der Waals surface area contributed by atoms with E-state index in [-0.39, 0.29) is 30.2 Å². The number of amides is 2. The molecule has 154 valence electrons. The maximum Gasteiger partial charge on any atom is 0.227 e. The minimum Gasteiger partial charge on any atom is -0.496 e. The molecule has 6 heteroatoms. The summed E-state index contributed by atoms with van der Waals surface area (Å²) in [6.45, 7) is 2.87. The van der Waals surface area contributed by atoms with Crippen molar-refractivity contribution in [3.05, 3.63) is 59.7 Å². The molecule has 0 aromatic heterocycles. The van der Waals surface area contributed by atoms with E-state index in [9.17, 15) is 9.59 Å². The highest BCUT2D eigenvalue weighted by Gasteiger charge is 2.35. The van der Waals surface area contributed by atoms with Crippen molar-refractivity contribution in [2.75, 3.05) is 39.2 Å². The number of methoxy groups -OCH3 is 1. The van der Waals surface area contributed by atoms with Gasteiger partial charge < -0.3 is 19.9 Å². The quantitative estimate of drug-likeness (QED) is 0.783. The van der Waals surface area contributed by atoms with Crippen molar-refractivity contribution in [3.63, 3.8) is 0 Å². The first-order valence-corrected chi connectivity index (χ1v) is 9.84. The van der Waals surface area contributed by atoms with Crippen LogP contribution < -0.4 is 15.0 Å². The van der Waals surface area contributed by atoms with Crippen LogP contribution in [0.5, 0.6) is 5.75 Å². The Hall–Kier alpha value is -2.86. The normalized spacial score (nSPS) is 17.5. The molecule has 1 N–H and O–H groups in total. The zero-order chi connectivity index (χ0) is 21.0. The third kappa shape index (κ3) is 4.77. The molecule has 0 spiro atoms. The summed E-state index contributed by atoms with van der Waals surface area (Å²) >= 11 is 0. The summed E-state index contributed by atoms with van der Waals surface area (Å²) in [4.78, 5) is 29.0. The number of likely N-dealkylation sites (N-methyl/N-ethyl adjacent to an activating group) is 1. The van der Waals surface area contributed by atoms with Crippen molar-refractivity contribution in [1.29, 1.82) is 0 Å². The van der Waals surface area contributed by atoms with Gasteiger partial charge in [-0.25, -0.2) is 0 Å². The molecule has 1 fully saturated rings. The van der Waals surface area contributed by atoms with Crippen LogP contribution in [0.4, 0.5) is 5.69 Å². The SMILES string of the molecule is COc1ccccc1C(CNC(=O)C1CC(=O)N(c2ccc(C)cc2)C1)N(C)C. The number of para-hydroxylation sites is 1. The van der Waals surface area contributed by atoms with Gasteiger partial charge in [0.25, 0.3) is 0 Å². The second-order valence-corrected chi connectivity index (χ2v) is 7.71. The first-order chi connectivity index (χ1) is 13.9. The Bertz CT molecular complexity index is 864. The van der Waals surface area contributed by atoms with Crippen molar-refractivity contribution in [2.45, 2.75) is 19.4 Å². The number of rotatable bonds is 7. The van der Waals surface area contributed by atoms with Crippen LogP contribution in [0.2, 0.25) is 0 Å². The van der Waals surface area contributed by atoms with E-state index in [1.54, 1.807) is 12.0 Å². The molecule has 2 atom stereocenters. The van der Waals surface area contributed by atoms with E-state index >= 15 is 0 Å². The Morgan fingerprint density at radius 2 is 1.90 bits per heavy atom. The van der Waals surface area contributed by atoms with Crippen LogP contribution in [0.1, 0.15) is 23.6 Å². The number of nitrogens with one attached hydrogen (secondary N) is 1. The predicted octanol–water partition coefficient (Wildman–Crippen LogP) is 2.78. The highest BCUT2D eigenvalue weighted by Crippen LogP contribution is 2.28. The summed E-state index contributed by atoms with van der Waals surface area (Å²) in [6, 6.07) is 15.6. The molecule has 2 amide bonds. The van der Waals surface area contributed by atoms with E-state index in [1.165, 1.54) is 0 Å². The maximum atomic E-state index is 12.8. The van der Waals surface area contributed by atoms with Crippen LogP contribution in [-0.2, 0) is 9.59 Å². The average Bonchev–Trinajstić information content (AvgIpc) is 3.10. The molecule has 1 heterocycles. The molecule has 1 aliphatic heterocycles. The van der Waals surface area contributed by atoms with Gasteiger partial charge in [0, 0.05) is 30.8 Å². The highest BCUT2D eigenvalue weighted by molar-refractivity contribution is 6.00. The van der Waals surface area contributed by atoms with Gasteiger partial charge in [-0.15, -0.1) is 0 Å². The summed E-state index contributed by atoms with van der Waals surface area (Å²) in [5.74, 6) is 0.351. The summed E-state index contributed by atoms with van der Waals surface area (Å²) in [6.07, 6.45) is 0.237. The molecule has 2 aromatic rings. The van der Waals surface area contributed by atoms with Gasteiger partial charge in [-0.05, 0) is 39.2 Å². The van der Waals surface area contributed by atoms with Crippen LogP contribution in [0, 0.1) is 12.8 Å². The molecule has 2 aromatic carbocycles. The van der Waals surface area contributed by atoms with Crippen molar-refractivity contribution < 1.29 is 14.3 Å². The number of nitrogens with zero attached hydrogens (tertiary/aromatic N) is 2. The van der Waals surface area contributed by atoms with E-state index in [4.69, 9.17) is 4.74 Å². The van der Waals surface area contributed by atoms with Crippen molar-refractivity contribution in [3.8, 4) is 5.75 Å². The van der Waals surface area contributed by atoms with Crippen LogP contribution in [-0.4, -0.2) is 51.0 Å². The fourth-order valence-electron chi connectivity index (χ4n) is 3.71. The lowest BCUT2D eigenvalue weighted by molar-refractivity contribution is -0.126. The Morgan fingerprint density at radius 3 is 2.55 bits per heavy atom. The van der Waals surface area contributed by atoms with Gasteiger partial charge in [0.2, 0.25) is 11.8 Å². The summed E-state index contributed by atoms with van der Waals surface area (Å²) in [7, 11) is 5.59. The molecular weight excluding hydrogens is 366 g/mol. The molecule has 29 heavy (non-hydrogen) atoms. The zero-order valence-corrected chi connectivity index (χ0v) is 17.5. The fraction of sp³-hybridized carbons (Fsp3) is 0.391. The van der Waals surface area contributed by atoms with Crippen LogP contribution in [0.25, 0.3) is 0 Å². The van der Waals surface area contributed by atoms with E-state index in [0.717, 1.165) is 22.6 Å². The third-order valence-electron chi connectivity index (χ3n) is 5.43. The minimum absolute atomic E-state index is 0.0112. The molecule has 0 aliphatic carbocycles. The number of aryl methyl sites for hydroxylation is 1. The summed E-state index contributed by atoms with van der Waals surface area (Å²) < 4.78 is 5.48. The first kappa shape index (κ1) is 20.9. The number of carbonyl (C=O) groups excluding carboxylic acids is 2. The molecule has 0 radical (unpaired) electrons. The largest absolute Gasteiger partial charge is 0.496 e. The van der Waals surface area contributed by atoms with Gasteiger partial charge in [-0.3, -0.25) is 9.59 Å². The maximum absolute atomic E-state index is 12.8. The minimum atomic E-state index is -0.343. The summed E-state index contributed by atoms with van der Waals surface area (Å²) in [5, 5.41) is 3.04. The Morgan fingerprint density at radius 1 is 1.21 bits per heavy atom. The first-order valence-electron chi connectivity index (χ1n) is 9.84. The lowest BCUT2D eigenvalue weighted by atomic mass is 10.0. The van der Waals surface area contributed by atoms with Crippen LogP contribution in [0.15, 0.2) is 48.5 Å². The molecule has 1 saturated heterocycles. The number of anilines is 1. The molecule has 0 bridgehead atoms. The molecule has 2 unspecified atom stereocenters. The third-order valence-corrected chi connectivity index (χ3v) is 5.43. The molecule has 3 rings (SSSR count).